The monoisotopic (exact) mass is 433 g/mol. The quantitative estimate of drug-likeness (QED) is 0.552. The summed E-state index contributed by atoms with van der Waals surface area (Å²) in [4.78, 5) is 23.1. The summed E-state index contributed by atoms with van der Waals surface area (Å²) in [7, 11) is -2.28. The molecule has 1 N–H and O–H groups in total. The van der Waals surface area contributed by atoms with Gasteiger partial charge >= 0.3 is 5.69 Å². The molecule has 30 heavy (non-hydrogen) atoms. The zero-order valence-corrected chi connectivity index (χ0v) is 17.5. The minimum atomic E-state index is -3.58. The van der Waals surface area contributed by atoms with Gasteiger partial charge in [0.2, 0.25) is 10.0 Å². The molecule has 0 saturated carbocycles. The first-order valence-corrected chi connectivity index (χ1v) is 10.9. The molecule has 1 fully saturated rings. The van der Waals surface area contributed by atoms with E-state index in [2.05, 4.69) is 5.32 Å². The lowest BCUT2D eigenvalue weighted by molar-refractivity contribution is -0.385. The molecule has 0 bridgehead atoms. The van der Waals surface area contributed by atoms with Gasteiger partial charge in [0.1, 0.15) is 0 Å². The highest BCUT2D eigenvalue weighted by Crippen LogP contribution is 2.28. The predicted molar refractivity (Wildman–Crippen MR) is 111 cm³/mol. The van der Waals surface area contributed by atoms with E-state index in [9.17, 15) is 23.3 Å². The van der Waals surface area contributed by atoms with Crippen LogP contribution in [0.4, 0.5) is 11.4 Å². The fourth-order valence-electron chi connectivity index (χ4n) is 3.40. The van der Waals surface area contributed by atoms with Gasteiger partial charge in [-0.3, -0.25) is 14.9 Å². The van der Waals surface area contributed by atoms with Gasteiger partial charge in [-0.05, 0) is 55.2 Å². The molecule has 0 radical (unpaired) electrons. The number of piperidine rings is 1. The maximum atomic E-state index is 12.8. The summed E-state index contributed by atoms with van der Waals surface area (Å²) in [6.07, 6.45) is 1.85. The van der Waals surface area contributed by atoms with Gasteiger partial charge in [-0.2, -0.15) is 4.31 Å². The number of nitrogens with one attached hydrogen (secondary N) is 1. The Morgan fingerprint density at radius 2 is 1.93 bits per heavy atom. The van der Waals surface area contributed by atoms with Gasteiger partial charge in [0.15, 0.2) is 5.75 Å². The second-order valence-electron chi connectivity index (χ2n) is 7.23. The Labute approximate surface area is 174 Å². The third-order valence-electron chi connectivity index (χ3n) is 5.01. The molecule has 0 spiro atoms. The highest BCUT2D eigenvalue weighted by Gasteiger charge is 2.28. The molecule has 1 atom stereocenters. The molecular weight excluding hydrogens is 410 g/mol. The number of hydrogen-bond donors (Lipinski definition) is 1. The number of sulfonamides is 1. The van der Waals surface area contributed by atoms with E-state index in [1.165, 1.54) is 47.8 Å². The van der Waals surface area contributed by atoms with Crippen LogP contribution < -0.4 is 10.1 Å². The van der Waals surface area contributed by atoms with Gasteiger partial charge in [-0.25, -0.2) is 8.42 Å². The Hall–Kier alpha value is -2.98. The van der Waals surface area contributed by atoms with Crippen LogP contribution in [0.2, 0.25) is 0 Å². The maximum absolute atomic E-state index is 12.8. The van der Waals surface area contributed by atoms with Crippen molar-refractivity contribution in [2.45, 2.75) is 24.7 Å². The number of benzene rings is 2. The van der Waals surface area contributed by atoms with Gasteiger partial charge in [-0.15, -0.1) is 0 Å². The van der Waals surface area contributed by atoms with Crippen molar-refractivity contribution in [2.24, 2.45) is 5.92 Å². The number of ether oxygens (including phenoxy) is 1. The summed E-state index contributed by atoms with van der Waals surface area (Å²) in [6.45, 7) is 3.03. The fraction of sp³-hybridized carbons (Fsp3) is 0.350. The number of methoxy groups -OCH3 is 1. The van der Waals surface area contributed by atoms with E-state index < -0.39 is 20.9 Å². The minimum Gasteiger partial charge on any atom is -0.490 e. The van der Waals surface area contributed by atoms with Crippen LogP contribution in [0.3, 0.4) is 0 Å². The van der Waals surface area contributed by atoms with Crippen LogP contribution in [0, 0.1) is 16.0 Å². The molecule has 10 heteroatoms. The number of carbonyl (C=O) groups excluding carboxylic acids is 1. The summed E-state index contributed by atoms with van der Waals surface area (Å²) in [5.74, 6) is -0.181. The lowest BCUT2D eigenvalue weighted by atomic mass is 10.0. The zero-order valence-electron chi connectivity index (χ0n) is 16.7. The number of amides is 1. The molecule has 2 aromatic rings. The molecule has 1 saturated heterocycles. The number of rotatable bonds is 6. The fourth-order valence-corrected chi connectivity index (χ4v) is 5.00. The third-order valence-corrected chi connectivity index (χ3v) is 6.89. The largest absolute Gasteiger partial charge is 0.490 e. The molecule has 1 aliphatic rings. The maximum Gasteiger partial charge on any atom is 0.311 e. The van der Waals surface area contributed by atoms with Crippen LogP contribution in [0.25, 0.3) is 0 Å². The second-order valence-corrected chi connectivity index (χ2v) is 9.17. The summed E-state index contributed by atoms with van der Waals surface area (Å²) >= 11 is 0. The van der Waals surface area contributed by atoms with Crippen molar-refractivity contribution in [1.82, 2.24) is 4.31 Å². The second kappa shape index (κ2) is 8.80. The van der Waals surface area contributed by atoms with Crippen molar-refractivity contribution < 1.29 is 22.9 Å². The molecule has 160 valence electrons. The lowest BCUT2D eigenvalue weighted by Crippen LogP contribution is -2.39. The molecule has 1 heterocycles. The van der Waals surface area contributed by atoms with Crippen molar-refractivity contribution in [1.29, 1.82) is 0 Å². The van der Waals surface area contributed by atoms with Gasteiger partial charge < -0.3 is 10.1 Å². The Bertz CT molecular complexity index is 1050. The van der Waals surface area contributed by atoms with E-state index >= 15 is 0 Å². The molecule has 3 rings (SSSR count). The Morgan fingerprint density at radius 1 is 1.23 bits per heavy atom. The van der Waals surface area contributed by atoms with Gasteiger partial charge in [0.25, 0.3) is 5.91 Å². The molecule has 1 amide bonds. The van der Waals surface area contributed by atoms with Crippen LogP contribution >= 0.6 is 0 Å². The molecule has 0 unspecified atom stereocenters. The molecule has 0 aliphatic carbocycles. The van der Waals surface area contributed by atoms with Crippen molar-refractivity contribution in [3.63, 3.8) is 0 Å². The van der Waals surface area contributed by atoms with E-state index in [1.807, 2.05) is 6.92 Å². The third kappa shape index (κ3) is 4.60. The normalized spacial score (nSPS) is 17.3. The number of hydrogen-bond acceptors (Lipinski definition) is 6. The number of anilines is 1. The van der Waals surface area contributed by atoms with E-state index in [0.29, 0.717) is 24.7 Å². The molecule has 2 aromatic carbocycles. The van der Waals surface area contributed by atoms with Gasteiger partial charge in [0.05, 0.1) is 16.9 Å². The summed E-state index contributed by atoms with van der Waals surface area (Å²) in [5.41, 5.74) is 0.147. The van der Waals surface area contributed by atoms with Crippen LogP contribution in [0.5, 0.6) is 5.75 Å². The van der Waals surface area contributed by atoms with E-state index in [1.54, 1.807) is 0 Å². The Morgan fingerprint density at radius 3 is 2.53 bits per heavy atom. The minimum absolute atomic E-state index is 0.0538. The average Bonchev–Trinajstić information content (AvgIpc) is 2.73. The number of nitro groups is 1. The van der Waals surface area contributed by atoms with Crippen molar-refractivity contribution >= 4 is 27.3 Å². The van der Waals surface area contributed by atoms with Crippen molar-refractivity contribution in [3.05, 3.63) is 58.1 Å². The van der Waals surface area contributed by atoms with Crippen LogP contribution in [-0.4, -0.2) is 43.8 Å². The van der Waals surface area contributed by atoms with Crippen LogP contribution in [-0.2, 0) is 10.0 Å². The Kier molecular flexibility index (Phi) is 6.37. The van der Waals surface area contributed by atoms with Crippen LogP contribution in [0.1, 0.15) is 30.1 Å². The zero-order chi connectivity index (χ0) is 21.9. The van der Waals surface area contributed by atoms with Crippen molar-refractivity contribution in [2.75, 3.05) is 25.5 Å². The highest BCUT2D eigenvalue weighted by atomic mass is 32.2. The highest BCUT2D eigenvalue weighted by molar-refractivity contribution is 7.89. The first-order chi connectivity index (χ1) is 14.2. The molecule has 1 aliphatic heterocycles. The predicted octanol–water partition coefficient (Wildman–Crippen LogP) is 3.28. The first kappa shape index (κ1) is 21.7. The summed E-state index contributed by atoms with van der Waals surface area (Å²) < 4.78 is 32.0. The standard InChI is InChI=1S/C20H23N3O6S/c1-14-4-3-11-22(13-14)30(27,28)17-8-6-16(7-9-17)21-20(24)15-5-10-19(29-2)18(12-15)23(25)26/h5-10,12,14H,3-4,11,13H2,1-2H3,(H,21,24)/t14-/m1/s1. The van der Waals surface area contributed by atoms with Crippen LogP contribution in [0.15, 0.2) is 47.4 Å². The molecular formula is C20H23N3O6S. The lowest BCUT2D eigenvalue weighted by Gasteiger charge is -2.30. The van der Waals surface area contributed by atoms with E-state index in [0.717, 1.165) is 18.9 Å². The van der Waals surface area contributed by atoms with Gasteiger partial charge in [0, 0.05) is 30.4 Å². The van der Waals surface area contributed by atoms with Crippen molar-refractivity contribution in [3.8, 4) is 5.75 Å². The smallest absolute Gasteiger partial charge is 0.311 e. The number of nitrogens with zero attached hydrogens (tertiary/aromatic N) is 2. The molecule has 9 nitrogen and oxygen atoms in total. The summed E-state index contributed by atoms with van der Waals surface area (Å²) in [6, 6.07) is 9.78. The average molecular weight is 433 g/mol. The first-order valence-electron chi connectivity index (χ1n) is 9.46. The number of nitro benzene ring substituents is 1. The SMILES string of the molecule is COc1ccc(C(=O)Nc2ccc(S(=O)(=O)N3CCC[C@@H](C)C3)cc2)cc1[N+](=O)[O-]. The topological polar surface area (TPSA) is 119 Å². The summed E-state index contributed by atoms with van der Waals surface area (Å²) in [5, 5.41) is 13.7. The Balaban J connectivity index is 1.75. The van der Waals surface area contributed by atoms with E-state index in [-0.39, 0.29) is 21.9 Å². The number of carbonyl (C=O) groups is 1. The molecule has 0 aromatic heterocycles. The van der Waals surface area contributed by atoms with E-state index in [4.69, 9.17) is 4.74 Å². The van der Waals surface area contributed by atoms with Gasteiger partial charge in [-0.1, -0.05) is 6.92 Å².